The first kappa shape index (κ1) is 12.0. The van der Waals surface area contributed by atoms with Crippen molar-refractivity contribution in [1.29, 1.82) is 0 Å². The van der Waals surface area contributed by atoms with Gasteiger partial charge in [-0.2, -0.15) is 0 Å². The molecule has 1 aliphatic rings. The van der Waals surface area contributed by atoms with Crippen molar-refractivity contribution in [1.82, 2.24) is 4.90 Å². The second kappa shape index (κ2) is 5.16. The maximum Gasteiger partial charge on any atom is 0.242 e. The van der Waals surface area contributed by atoms with Crippen LogP contribution in [0.2, 0.25) is 0 Å². The number of primary amides is 1. The number of hydrogen-bond donors (Lipinski definition) is 1. The quantitative estimate of drug-likeness (QED) is 0.660. The van der Waals surface area contributed by atoms with Crippen molar-refractivity contribution in [2.24, 2.45) is 5.73 Å². The molecule has 0 aromatic heterocycles. The molecule has 1 rings (SSSR count). The van der Waals surface area contributed by atoms with Crippen molar-refractivity contribution >= 4 is 29.5 Å². The van der Waals surface area contributed by atoms with E-state index in [1.54, 1.807) is 0 Å². The van der Waals surface area contributed by atoms with E-state index < -0.39 is 5.91 Å². The van der Waals surface area contributed by atoms with Crippen molar-refractivity contribution in [3.05, 3.63) is 0 Å². The van der Waals surface area contributed by atoms with Crippen LogP contribution in [0.5, 0.6) is 0 Å². The molecule has 2 N–H and O–H groups in total. The van der Waals surface area contributed by atoms with Gasteiger partial charge in [-0.15, -0.1) is 11.8 Å². The average molecular weight is 230 g/mol. The minimum atomic E-state index is -0.498. The molecule has 0 spiro atoms. The number of rotatable bonds is 5. The summed E-state index contributed by atoms with van der Waals surface area (Å²) in [6, 6.07) is 0. The van der Waals surface area contributed by atoms with Crippen LogP contribution in [0, 0.1) is 0 Å². The molecular formula is C9H14N2O3S. The van der Waals surface area contributed by atoms with Gasteiger partial charge in [0.05, 0.1) is 5.25 Å². The van der Waals surface area contributed by atoms with Gasteiger partial charge in [0.2, 0.25) is 17.7 Å². The van der Waals surface area contributed by atoms with E-state index >= 15 is 0 Å². The number of nitrogens with zero attached hydrogens (tertiary/aromatic N) is 1. The summed E-state index contributed by atoms with van der Waals surface area (Å²) in [6.45, 7) is 2.06. The Morgan fingerprint density at radius 1 is 1.60 bits per heavy atom. The highest BCUT2D eigenvalue weighted by atomic mass is 32.2. The molecule has 0 bridgehead atoms. The first-order valence-electron chi connectivity index (χ1n) is 4.80. The number of likely N-dealkylation sites (tertiary alicyclic amines) is 1. The zero-order valence-corrected chi connectivity index (χ0v) is 9.38. The van der Waals surface area contributed by atoms with Crippen LogP contribution in [0.15, 0.2) is 0 Å². The highest BCUT2D eigenvalue weighted by Crippen LogP contribution is 2.24. The fourth-order valence-electron chi connectivity index (χ4n) is 1.44. The fourth-order valence-corrected chi connectivity index (χ4v) is 2.37. The van der Waals surface area contributed by atoms with Gasteiger partial charge in [0.15, 0.2) is 0 Å². The van der Waals surface area contributed by atoms with E-state index in [-0.39, 0.29) is 36.5 Å². The predicted molar refractivity (Wildman–Crippen MR) is 57.1 cm³/mol. The lowest BCUT2D eigenvalue weighted by Gasteiger charge is -2.13. The summed E-state index contributed by atoms with van der Waals surface area (Å²) in [6.07, 6.45) is 0.289. The van der Waals surface area contributed by atoms with Gasteiger partial charge in [0.1, 0.15) is 0 Å². The van der Waals surface area contributed by atoms with Gasteiger partial charge in [0, 0.05) is 19.4 Å². The molecule has 6 heteroatoms. The Balaban J connectivity index is 2.54. The van der Waals surface area contributed by atoms with Crippen LogP contribution in [0.4, 0.5) is 0 Å². The molecule has 1 aliphatic heterocycles. The molecule has 15 heavy (non-hydrogen) atoms. The monoisotopic (exact) mass is 230 g/mol. The van der Waals surface area contributed by atoms with Crippen LogP contribution >= 0.6 is 11.8 Å². The first-order chi connectivity index (χ1) is 7.06. The molecule has 0 saturated carbocycles. The average Bonchev–Trinajstić information content (AvgIpc) is 2.40. The Labute approximate surface area is 92.4 Å². The maximum absolute atomic E-state index is 11.7. The van der Waals surface area contributed by atoms with Gasteiger partial charge in [-0.1, -0.05) is 6.92 Å². The zero-order chi connectivity index (χ0) is 11.4. The minimum Gasteiger partial charge on any atom is -0.370 e. The van der Waals surface area contributed by atoms with E-state index in [1.165, 1.54) is 11.8 Å². The first-order valence-corrected chi connectivity index (χ1v) is 5.85. The Morgan fingerprint density at radius 2 is 2.27 bits per heavy atom. The second-order valence-electron chi connectivity index (χ2n) is 3.25. The van der Waals surface area contributed by atoms with Gasteiger partial charge in [-0.05, 0) is 5.75 Å². The molecule has 0 radical (unpaired) electrons. The van der Waals surface area contributed by atoms with Crippen molar-refractivity contribution in [2.75, 3.05) is 12.3 Å². The number of imide groups is 1. The van der Waals surface area contributed by atoms with E-state index in [2.05, 4.69) is 0 Å². The van der Waals surface area contributed by atoms with Gasteiger partial charge < -0.3 is 5.73 Å². The van der Waals surface area contributed by atoms with Gasteiger partial charge in [0.25, 0.3) is 0 Å². The van der Waals surface area contributed by atoms with Crippen molar-refractivity contribution in [3.8, 4) is 0 Å². The van der Waals surface area contributed by atoms with Gasteiger partial charge in [-0.25, -0.2) is 0 Å². The molecule has 1 unspecified atom stereocenters. The molecule has 1 atom stereocenters. The van der Waals surface area contributed by atoms with Crippen LogP contribution in [0.25, 0.3) is 0 Å². The molecule has 0 aliphatic carbocycles. The lowest BCUT2D eigenvalue weighted by molar-refractivity contribution is -0.138. The molecule has 5 nitrogen and oxygen atoms in total. The third-order valence-corrected chi connectivity index (χ3v) is 3.26. The van der Waals surface area contributed by atoms with E-state index in [4.69, 9.17) is 5.73 Å². The summed E-state index contributed by atoms with van der Waals surface area (Å²) < 4.78 is 0. The minimum absolute atomic E-state index is 0.0427. The SMILES string of the molecule is CCSC1CC(=O)N(CCC(N)=O)C1=O. The molecule has 84 valence electrons. The summed E-state index contributed by atoms with van der Waals surface area (Å²) in [5.41, 5.74) is 4.96. The van der Waals surface area contributed by atoms with Crippen LogP contribution in [-0.2, 0) is 14.4 Å². The number of carbonyl (C=O) groups is 3. The maximum atomic E-state index is 11.7. The van der Waals surface area contributed by atoms with Gasteiger partial charge >= 0.3 is 0 Å². The van der Waals surface area contributed by atoms with Crippen LogP contribution < -0.4 is 5.73 Å². The lowest BCUT2D eigenvalue weighted by atomic mass is 10.4. The Morgan fingerprint density at radius 3 is 2.80 bits per heavy atom. The second-order valence-corrected chi connectivity index (χ2v) is 4.73. The molecule has 1 saturated heterocycles. The van der Waals surface area contributed by atoms with Crippen LogP contribution in [0.1, 0.15) is 19.8 Å². The topological polar surface area (TPSA) is 80.5 Å². The Kier molecular flexibility index (Phi) is 4.14. The fraction of sp³-hybridized carbons (Fsp3) is 0.667. The van der Waals surface area contributed by atoms with Gasteiger partial charge in [-0.3, -0.25) is 19.3 Å². The standard InChI is InChI=1S/C9H14N2O3S/c1-2-15-6-5-8(13)11(9(6)14)4-3-7(10)12/h6H,2-5H2,1H3,(H2,10,12). The third kappa shape index (κ3) is 2.95. The predicted octanol–water partition coefficient (Wildman–Crippen LogP) is -0.258. The zero-order valence-electron chi connectivity index (χ0n) is 8.56. The van der Waals surface area contributed by atoms with E-state index in [9.17, 15) is 14.4 Å². The molecule has 0 aromatic rings. The summed E-state index contributed by atoms with van der Waals surface area (Å²) >= 11 is 1.46. The summed E-state index contributed by atoms with van der Waals surface area (Å²) in [4.78, 5) is 34.8. The number of hydrogen-bond acceptors (Lipinski definition) is 4. The van der Waals surface area contributed by atoms with Crippen LogP contribution in [0.3, 0.4) is 0 Å². The smallest absolute Gasteiger partial charge is 0.242 e. The molecule has 0 aromatic carbocycles. The van der Waals surface area contributed by atoms with Crippen molar-refractivity contribution < 1.29 is 14.4 Å². The Hall–Kier alpha value is -1.04. The normalized spacial score (nSPS) is 21.1. The number of thioether (sulfide) groups is 1. The van der Waals surface area contributed by atoms with E-state index in [1.807, 2.05) is 6.92 Å². The highest BCUT2D eigenvalue weighted by molar-refractivity contribution is 8.00. The molecule has 3 amide bonds. The summed E-state index contributed by atoms with van der Waals surface area (Å²) in [5, 5.41) is -0.268. The van der Waals surface area contributed by atoms with Crippen LogP contribution in [-0.4, -0.2) is 40.2 Å². The summed E-state index contributed by atoms with van der Waals surface area (Å²) in [7, 11) is 0. The molecular weight excluding hydrogens is 216 g/mol. The van der Waals surface area contributed by atoms with E-state index in [0.717, 1.165) is 10.7 Å². The van der Waals surface area contributed by atoms with Crippen molar-refractivity contribution in [2.45, 2.75) is 25.0 Å². The largest absolute Gasteiger partial charge is 0.370 e. The number of amides is 3. The molecule has 1 fully saturated rings. The van der Waals surface area contributed by atoms with E-state index in [0.29, 0.717) is 0 Å². The number of carbonyl (C=O) groups excluding carboxylic acids is 3. The summed E-state index contributed by atoms with van der Waals surface area (Å²) in [5.74, 6) is -0.0876. The highest BCUT2D eigenvalue weighted by Gasteiger charge is 2.38. The van der Waals surface area contributed by atoms with Crippen molar-refractivity contribution in [3.63, 3.8) is 0 Å². The third-order valence-electron chi connectivity index (χ3n) is 2.15. The Bertz CT molecular complexity index is 293. The number of nitrogens with two attached hydrogens (primary N) is 1. The lowest BCUT2D eigenvalue weighted by Crippen LogP contribution is -2.34. The molecule has 1 heterocycles.